The van der Waals surface area contributed by atoms with Crippen molar-refractivity contribution in [3.05, 3.63) is 35.4 Å². The molecular formula is C21H29NO3. The zero-order valence-electron chi connectivity index (χ0n) is 15.9. The highest BCUT2D eigenvalue weighted by molar-refractivity contribution is 5.64. The summed E-state index contributed by atoms with van der Waals surface area (Å²) in [5, 5.41) is 0. The van der Waals surface area contributed by atoms with Gasteiger partial charge in [0.1, 0.15) is 12.4 Å². The monoisotopic (exact) mass is 343 g/mol. The van der Waals surface area contributed by atoms with Crippen molar-refractivity contribution < 1.29 is 14.3 Å². The first-order chi connectivity index (χ1) is 12.1. The van der Waals surface area contributed by atoms with E-state index < -0.39 is 0 Å². The van der Waals surface area contributed by atoms with Gasteiger partial charge in [0.2, 0.25) is 0 Å². The van der Waals surface area contributed by atoms with E-state index in [1.165, 1.54) is 11.1 Å². The molecule has 2 aliphatic heterocycles. The number of carbonyl (C=O) groups excluding carboxylic acids is 1. The Morgan fingerprint density at radius 3 is 2.80 bits per heavy atom. The van der Waals surface area contributed by atoms with Crippen LogP contribution in [-0.4, -0.2) is 38.0 Å². The summed E-state index contributed by atoms with van der Waals surface area (Å²) in [6.07, 6.45) is 7.11. The van der Waals surface area contributed by atoms with Gasteiger partial charge in [0.15, 0.2) is 11.5 Å². The maximum atomic E-state index is 11.3. The second-order valence-electron chi connectivity index (χ2n) is 7.01. The second kappa shape index (κ2) is 6.83. The van der Waals surface area contributed by atoms with E-state index in [0.717, 1.165) is 37.2 Å². The number of methoxy groups -OCH3 is 1. The van der Waals surface area contributed by atoms with Crippen molar-refractivity contribution in [3.8, 4) is 11.5 Å². The van der Waals surface area contributed by atoms with Crippen LogP contribution in [0.1, 0.15) is 50.8 Å². The first-order valence-electron chi connectivity index (χ1n) is 9.33. The Morgan fingerprint density at radius 1 is 1.36 bits per heavy atom. The van der Waals surface area contributed by atoms with Crippen molar-refractivity contribution in [2.45, 2.75) is 51.2 Å². The molecule has 1 aromatic rings. The number of hydrogen-bond acceptors (Lipinski definition) is 4. The molecule has 0 radical (unpaired) electrons. The van der Waals surface area contributed by atoms with Gasteiger partial charge in [0, 0.05) is 17.5 Å². The molecule has 0 saturated heterocycles. The Morgan fingerprint density at radius 2 is 2.12 bits per heavy atom. The minimum Gasteiger partial charge on any atom is -0.493 e. The third-order valence-electron chi connectivity index (χ3n) is 5.97. The summed E-state index contributed by atoms with van der Waals surface area (Å²) in [6, 6.07) is 4.53. The molecule has 0 N–H and O–H groups in total. The van der Waals surface area contributed by atoms with Crippen molar-refractivity contribution in [1.29, 1.82) is 0 Å². The van der Waals surface area contributed by atoms with Crippen LogP contribution in [-0.2, 0) is 10.2 Å². The summed E-state index contributed by atoms with van der Waals surface area (Å²) < 4.78 is 11.9. The van der Waals surface area contributed by atoms with Crippen LogP contribution in [0.25, 0.3) is 0 Å². The SMILES string of the molecule is CC.COc1ccc2c3c1OC1CC(C=O)C=CC31CCN(C)C2C. The Bertz CT molecular complexity index is 684. The fourth-order valence-electron chi connectivity index (χ4n) is 4.43. The molecule has 4 atom stereocenters. The molecule has 136 valence electrons. The molecule has 0 amide bonds. The van der Waals surface area contributed by atoms with Crippen LogP contribution in [0, 0.1) is 5.92 Å². The van der Waals surface area contributed by atoms with E-state index in [1.54, 1.807) is 7.11 Å². The van der Waals surface area contributed by atoms with E-state index in [4.69, 9.17) is 9.47 Å². The summed E-state index contributed by atoms with van der Waals surface area (Å²) in [6.45, 7) is 7.25. The van der Waals surface area contributed by atoms with Gasteiger partial charge in [0.25, 0.3) is 0 Å². The Balaban J connectivity index is 0.000000880. The number of ether oxygens (including phenoxy) is 2. The highest BCUT2D eigenvalue weighted by atomic mass is 16.5. The Labute approximate surface area is 150 Å². The van der Waals surface area contributed by atoms with Crippen LogP contribution in [0.2, 0.25) is 0 Å². The normalized spacial score (nSPS) is 32.4. The maximum absolute atomic E-state index is 11.3. The molecule has 1 aliphatic carbocycles. The van der Waals surface area contributed by atoms with Gasteiger partial charge in [0.05, 0.1) is 12.5 Å². The van der Waals surface area contributed by atoms with Crippen LogP contribution < -0.4 is 9.47 Å². The summed E-state index contributed by atoms with van der Waals surface area (Å²) in [5.41, 5.74) is 2.47. The number of carbonyl (C=O) groups is 1. The number of allylic oxidation sites excluding steroid dienone is 1. The van der Waals surface area contributed by atoms with E-state index in [0.29, 0.717) is 6.04 Å². The van der Waals surface area contributed by atoms with Crippen LogP contribution in [0.15, 0.2) is 24.3 Å². The van der Waals surface area contributed by atoms with Crippen molar-refractivity contribution >= 4 is 6.29 Å². The second-order valence-corrected chi connectivity index (χ2v) is 7.01. The van der Waals surface area contributed by atoms with Crippen molar-refractivity contribution in [2.24, 2.45) is 5.92 Å². The molecular weight excluding hydrogens is 314 g/mol. The summed E-state index contributed by atoms with van der Waals surface area (Å²) in [7, 11) is 3.86. The van der Waals surface area contributed by atoms with E-state index in [2.05, 4.69) is 37.1 Å². The van der Waals surface area contributed by atoms with Crippen LogP contribution >= 0.6 is 0 Å². The molecule has 2 heterocycles. The van der Waals surface area contributed by atoms with Gasteiger partial charge in [-0.1, -0.05) is 32.1 Å². The van der Waals surface area contributed by atoms with Gasteiger partial charge >= 0.3 is 0 Å². The molecule has 25 heavy (non-hydrogen) atoms. The van der Waals surface area contributed by atoms with E-state index in [9.17, 15) is 4.79 Å². The topological polar surface area (TPSA) is 38.8 Å². The smallest absolute Gasteiger partial charge is 0.166 e. The highest BCUT2D eigenvalue weighted by Crippen LogP contribution is 2.57. The van der Waals surface area contributed by atoms with Gasteiger partial charge in [-0.25, -0.2) is 0 Å². The molecule has 4 rings (SSSR count). The van der Waals surface area contributed by atoms with Crippen LogP contribution in [0.3, 0.4) is 0 Å². The lowest BCUT2D eigenvalue weighted by molar-refractivity contribution is -0.110. The third kappa shape index (κ3) is 2.58. The molecule has 0 aromatic heterocycles. The zero-order chi connectivity index (χ0) is 18.2. The minimum atomic E-state index is -0.127. The largest absolute Gasteiger partial charge is 0.493 e. The number of rotatable bonds is 2. The molecule has 4 nitrogen and oxygen atoms in total. The first-order valence-corrected chi connectivity index (χ1v) is 9.33. The standard InChI is InChI=1S/C19H23NO3.C2H6/c1-12-14-4-5-15(22-3)18-17(14)19(8-9-20(12)2)7-6-13(11-21)10-16(19)23-18;1-2/h4-7,11-13,16H,8-10H2,1-3H3;1-2H3. The Kier molecular flexibility index (Phi) is 4.92. The number of nitrogens with zero attached hydrogens (tertiary/aromatic N) is 1. The minimum absolute atomic E-state index is 0.0199. The van der Waals surface area contributed by atoms with Crippen LogP contribution in [0.5, 0.6) is 11.5 Å². The summed E-state index contributed by atoms with van der Waals surface area (Å²) in [4.78, 5) is 13.6. The Hall–Kier alpha value is -1.81. The van der Waals surface area contributed by atoms with Crippen molar-refractivity contribution in [3.63, 3.8) is 0 Å². The van der Waals surface area contributed by atoms with E-state index >= 15 is 0 Å². The lowest BCUT2D eigenvalue weighted by Crippen LogP contribution is -2.41. The predicted octanol–water partition coefficient (Wildman–Crippen LogP) is 3.89. The molecule has 3 aliphatic rings. The number of hydrogen-bond donors (Lipinski definition) is 0. The molecule has 0 saturated carbocycles. The fraction of sp³-hybridized carbons (Fsp3) is 0.571. The average molecular weight is 343 g/mol. The molecule has 4 unspecified atom stereocenters. The molecule has 1 aromatic carbocycles. The maximum Gasteiger partial charge on any atom is 0.166 e. The van der Waals surface area contributed by atoms with Gasteiger partial charge in [-0.3, -0.25) is 4.90 Å². The molecule has 1 spiro atoms. The van der Waals surface area contributed by atoms with E-state index in [-0.39, 0.29) is 17.4 Å². The predicted molar refractivity (Wildman–Crippen MR) is 99.4 cm³/mol. The van der Waals surface area contributed by atoms with Crippen molar-refractivity contribution in [2.75, 3.05) is 20.7 Å². The highest BCUT2D eigenvalue weighted by Gasteiger charge is 2.53. The fourth-order valence-corrected chi connectivity index (χ4v) is 4.43. The first kappa shape index (κ1) is 18.0. The van der Waals surface area contributed by atoms with Gasteiger partial charge in [-0.2, -0.15) is 0 Å². The zero-order valence-corrected chi connectivity index (χ0v) is 15.9. The molecule has 4 heteroatoms. The molecule has 0 fully saturated rings. The number of aldehydes is 1. The lowest BCUT2D eigenvalue weighted by Gasteiger charge is -2.35. The quantitative estimate of drug-likeness (QED) is 0.603. The summed E-state index contributed by atoms with van der Waals surface area (Å²) in [5.74, 6) is 1.63. The van der Waals surface area contributed by atoms with Gasteiger partial charge < -0.3 is 14.3 Å². The van der Waals surface area contributed by atoms with Gasteiger partial charge in [-0.05, 0) is 45.0 Å². The van der Waals surface area contributed by atoms with E-state index in [1.807, 2.05) is 19.9 Å². The average Bonchev–Trinajstić information content (AvgIpc) is 2.95. The summed E-state index contributed by atoms with van der Waals surface area (Å²) >= 11 is 0. The third-order valence-corrected chi connectivity index (χ3v) is 5.97. The van der Waals surface area contributed by atoms with Crippen molar-refractivity contribution in [1.82, 2.24) is 4.90 Å². The number of benzene rings is 1. The van der Waals surface area contributed by atoms with Gasteiger partial charge in [-0.15, -0.1) is 0 Å². The lowest BCUT2D eigenvalue weighted by atomic mass is 9.67. The molecule has 0 bridgehead atoms. The van der Waals surface area contributed by atoms with Crippen LogP contribution in [0.4, 0.5) is 0 Å².